The molecule has 1 N–H and O–H groups in total. The number of carbonyl (C=O) groups is 1. The van der Waals surface area contributed by atoms with Crippen LogP contribution in [0.3, 0.4) is 0 Å². The number of ether oxygens (including phenoxy) is 1. The van der Waals surface area contributed by atoms with Gasteiger partial charge in [0.1, 0.15) is 19.3 Å². The molecule has 1 amide bonds. The number of hydrogen-bond acceptors (Lipinski definition) is 6. The molecule has 0 saturated carbocycles. The van der Waals surface area contributed by atoms with Crippen molar-refractivity contribution in [2.24, 2.45) is 0 Å². The zero-order chi connectivity index (χ0) is 26.0. The Morgan fingerprint density at radius 1 is 1.22 bits per heavy atom. The van der Waals surface area contributed by atoms with Crippen LogP contribution in [-0.2, 0) is 0 Å². The minimum atomic E-state index is -1.18. The lowest BCUT2D eigenvalue weighted by Crippen LogP contribution is -2.57. The Labute approximate surface area is 206 Å². The van der Waals surface area contributed by atoms with Gasteiger partial charge in [0, 0.05) is 30.1 Å². The van der Waals surface area contributed by atoms with E-state index in [1.807, 2.05) is 13.8 Å². The van der Waals surface area contributed by atoms with Crippen LogP contribution >= 0.6 is 0 Å². The number of aromatic nitrogens is 2. The molecule has 1 aliphatic heterocycles. The Bertz CT molecular complexity index is 1350. The van der Waals surface area contributed by atoms with Gasteiger partial charge in [-0.15, -0.1) is 0 Å². The van der Waals surface area contributed by atoms with Crippen LogP contribution in [0.25, 0.3) is 0 Å². The van der Waals surface area contributed by atoms with E-state index in [9.17, 15) is 19.1 Å². The minimum Gasteiger partial charge on any atom is -0.502 e. The lowest BCUT2D eigenvalue weighted by Gasteiger charge is -2.45. The van der Waals surface area contributed by atoms with E-state index in [-0.39, 0.29) is 36.3 Å². The monoisotopic (exact) mass is 496 g/mol. The maximum atomic E-state index is 15.0. The van der Waals surface area contributed by atoms with E-state index in [2.05, 4.69) is 11.6 Å². The first-order valence-electron chi connectivity index (χ1n) is 11.4. The third-order valence-electron chi connectivity index (χ3n) is 6.20. The van der Waals surface area contributed by atoms with Gasteiger partial charge in [0.2, 0.25) is 11.2 Å². The highest BCUT2D eigenvalue weighted by atomic mass is 19.2. The molecule has 36 heavy (non-hydrogen) atoms. The van der Waals surface area contributed by atoms with Gasteiger partial charge in [-0.3, -0.25) is 24.3 Å². The van der Waals surface area contributed by atoms with Crippen LogP contribution in [0.4, 0.5) is 8.78 Å². The van der Waals surface area contributed by atoms with E-state index in [1.165, 1.54) is 27.9 Å². The van der Waals surface area contributed by atoms with Gasteiger partial charge >= 0.3 is 0 Å². The normalized spacial score (nSPS) is 14.8. The molecule has 0 radical (unpaired) electrons. The molecule has 3 aromatic rings. The number of halogens is 2. The van der Waals surface area contributed by atoms with Crippen molar-refractivity contribution >= 4 is 5.91 Å². The average Bonchev–Trinajstić information content (AvgIpc) is 2.89. The first kappa shape index (κ1) is 24.9. The van der Waals surface area contributed by atoms with Crippen LogP contribution in [0.1, 0.15) is 48.1 Å². The molecule has 0 fully saturated rings. The van der Waals surface area contributed by atoms with Crippen molar-refractivity contribution in [2.75, 3.05) is 18.3 Å². The Morgan fingerprint density at radius 3 is 2.67 bits per heavy atom. The predicted molar refractivity (Wildman–Crippen MR) is 130 cm³/mol. The highest BCUT2D eigenvalue weighted by molar-refractivity contribution is 5.96. The minimum absolute atomic E-state index is 0.00425. The van der Waals surface area contributed by atoms with Crippen molar-refractivity contribution in [3.8, 4) is 11.5 Å². The molecule has 2 aromatic heterocycles. The van der Waals surface area contributed by atoms with Crippen LogP contribution in [0.2, 0.25) is 0 Å². The number of rotatable bonds is 8. The summed E-state index contributed by atoms with van der Waals surface area (Å²) in [4.78, 5) is 31.6. The number of fused-ring (bicyclic) bond motifs is 1. The van der Waals surface area contributed by atoms with Crippen LogP contribution in [0, 0.1) is 11.6 Å². The quantitative estimate of drug-likeness (QED) is 0.478. The molecule has 8 nitrogen and oxygen atoms in total. The summed E-state index contributed by atoms with van der Waals surface area (Å²) in [6.07, 6.45) is 4.93. The van der Waals surface area contributed by atoms with Gasteiger partial charge in [0.05, 0.1) is 5.69 Å². The van der Waals surface area contributed by atoms with E-state index in [1.54, 1.807) is 29.4 Å². The molecular weight excluding hydrogens is 470 g/mol. The lowest BCUT2D eigenvalue weighted by atomic mass is 10.00. The van der Waals surface area contributed by atoms with Gasteiger partial charge in [-0.05, 0) is 37.6 Å². The maximum absolute atomic E-state index is 15.0. The van der Waals surface area contributed by atoms with E-state index in [0.717, 1.165) is 12.1 Å². The zero-order valence-corrected chi connectivity index (χ0v) is 19.9. The second-order valence-electron chi connectivity index (χ2n) is 8.37. The second kappa shape index (κ2) is 10.2. The SMILES string of the molecule is C=CCOc1c([C@@H](c2ccccn2)N2CN([C@@H](C)CC)C(=O)c3c(O)c(=O)ccn32)ccc(F)c1F. The molecule has 0 bridgehead atoms. The molecule has 0 saturated heterocycles. The van der Waals surface area contributed by atoms with E-state index in [4.69, 9.17) is 4.74 Å². The summed E-state index contributed by atoms with van der Waals surface area (Å²) in [5.41, 5.74) is -0.268. The number of benzene rings is 1. The van der Waals surface area contributed by atoms with Crippen molar-refractivity contribution in [3.05, 3.63) is 100 Å². The van der Waals surface area contributed by atoms with Gasteiger partial charge in [0.25, 0.3) is 5.91 Å². The number of pyridine rings is 2. The molecule has 0 unspecified atom stereocenters. The molecule has 2 atom stereocenters. The molecular formula is C26H26F2N4O4. The van der Waals surface area contributed by atoms with Gasteiger partial charge in [-0.1, -0.05) is 25.6 Å². The third kappa shape index (κ3) is 4.30. The number of nitrogens with zero attached hydrogens (tertiary/aromatic N) is 4. The molecule has 4 rings (SSSR count). The van der Waals surface area contributed by atoms with Crippen LogP contribution in [0.5, 0.6) is 11.5 Å². The van der Waals surface area contributed by atoms with E-state index >= 15 is 4.39 Å². The van der Waals surface area contributed by atoms with Gasteiger partial charge in [-0.2, -0.15) is 4.39 Å². The number of amides is 1. The fourth-order valence-electron chi connectivity index (χ4n) is 4.18. The zero-order valence-electron chi connectivity index (χ0n) is 19.9. The Balaban J connectivity index is 2.01. The summed E-state index contributed by atoms with van der Waals surface area (Å²) in [6.45, 7) is 7.25. The fraction of sp³-hybridized carbons (Fsp3) is 0.269. The summed E-state index contributed by atoms with van der Waals surface area (Å²) < 4.78 is 36.2. The van der Waals surface area contributed by atoms with Crippen LogP contribution in [0.15, 0.2) is 66.2 Å². The summed E-state index contributed by atoms with van der Waals surface area (Å²) in [5.74, 6) is -3.82. The Hall–Kier alpha value is -4.21. The van der Waals surface area contributed by atoms with Crippen molar-refractivity contribution in [1.29, 1.82) is 0 Å². The van der Waals surface area contributed by atoms with Crippen LogP contribution in [-0.4, -0.2) is 44.9 Å². The topological polar surface area (TPSA) is 87.9 Å². The largest absolute Gasteiger partial charge is 0.502 e. The average molecular weight is 497 g/mol. The van der Waals surface area contributed by atoms with Crippen molar-refractivity contribution in [1.82, 2.24) is 14.6 Å². The Kier molecular flexibility index (Phi) is 7.05. The Morgan fingerprint density at radius 2 is 2.00 bits per heavy atom. The standard InChI is InChI=1S/C26H26F2N4O4/c1-4-14-36-25-17(9-10-18(27)21(25)28)22(19-8-6-7-12-29-19)32-15-30(16(3)5-2)26(35)23-24(34)20(33)11-13-31(23)32/h4,6-13,16,22,34H,1,5,14-15H2,2-3H3/t16-,22-/m0/s1. The molecule has 188 valence electrons. The summed E-state index contributed by atoms with van der Waals surface area (Å²) in [7, 11) is 0. The number of hydrogen-bond donors (Lipinski definition) is 1. The summed E-state index contributed by atoms with van der Waals surface area (Å²) in [6, 6.07) is 7.52. The molecule has 0 spiro atoms. The van der Waals surface area contributed by atoms with Gasteiger partial charge < -0.3 is 14.7 Å². The molecule has 3 heterocycles. The molecule has 10 heteroatoms. The van der Waals surface area contributed by atoms with E-state index in [0.29, 0.717) is 12.1 Å². The molecule has 0 aliphatic carbocycles. The number of carbonyl (C=O) groups excluding carboxylic acids is 1. The molecule has 1 aromatic carbocycles. The molecule has 1 aliphatic rings. The van der Waals surface area contributed by atoms with Crippen molar-refractivity contribution in [2.45, 2.75) is 32.4 Å². The third-order valence-corrected chi connectivity index (χ3v) is 6.20. The smallest absolute Gasteiger partial charge is 0.278 e. The van der Waals surface area contributed by atoms with Gasteiger partial charge in [-0.25, -0.2) is 4.39 Å². The first-order chi connectivity index (χ1) is 17.3. The van der Waals surface area contributed by atoms with Crippen molar-refractivity contribution < 1.29 is 23.4 Å². The van der Waals surface area contributed by atoms with Gasteiger partial charge in [0.15, 0.2) is 23.0 Å². The summed E-state index contributed by atoms with van der Waals surface area (Å²) >= 11 is 0. The second-order valence-corrected chi connectivity index (χ2v) is 8.37. The fourth-order valence-corrected chi connectivity index (χ4v) is 4.18. The maximum Gasteiger partial charge on any atom is 0.278 e. The highest BCUT2D eigenvalue weighted by Gasteiger charge is 2.39. The summed E-state index contributed by atoms with van der Waals surface area (Å²) in [5, 5.41) is 12.3. The highest BCUT2D eigenvalue weighted by Crippen LogP contribution is 2.38. The van der Waals surface area contributed by atoms with Crippen LogP contribution < -0.4 is 15.2 Å². The number of aromatic hydroxyl groups is 1. The van der Waals surface area contributed by atoms with Crippen molar-refractivity contribution in [3.63, 3.8) is 0 Å². The predicted octanol–water partition coefficient (Wildman–Crippen LogP) is 3.73. The first-order valence-corrected chi connectivity index (χ1v) is 11.4. The van der Waals surface area contributed by atoms with E-state index < -0.39 is 34.8 Å². The lowest BCUT2D eigenvalue weighted by molar-refractivity contribution is 0.0600.